The highest BCUT2D eigenvalue weighted by Gasteiger charge is 2.18. The molecule has 4 nitrogen and oxygen atoms in total. The molecular weight excluding hydrogens is 439 g/mol. The van der Waals surface area contributed by atoms with Gasteiger partial charge in [-0.15, -0.1) is 11.3 Å². The number of benzene rings is 3. The van der Waals surface area contributed by atoms with Gasteiger partial charge in [0.2, 0.25) is 5.89 Å². The number of carbonyl (C=O) groups excluding carboxylic acids is 1. The molecule has 0 aliphatic heterocycles. The summed E-state index contributed by atoms with van der Waals surface area (Å²) < 4.78 is 6.76. The molecule has 0 saturated heterocycles. The van der Waals surface area contributed by atoms with E-state index in [1.807, 2.05) is 55.5 Å². The van der Waals surface area contributed by atoms with Crippen LogP contribution in [0.15, 0.2) is 65.1 Å². The average Bonchev–Trinajstić information content (AvgIpc) is 3.29. The molecule has 30 heavy (non-hydrogen) atoms. The van der Waals surface area contributed by atoms with Crippen molar-refractivity contribution in [3.05, 3.63) is 81.1 Å². The van der Waals surface area contributed by atoms with Crippen molar-refractivity contribution in [3.63, 3.8) is 0 Å². The molecule has 5 aromatic rings. The minimum Gasteiger partial charge on any atom is -0.436 e. The van der Waals surface area contributed by atoms with E-state index in [0.717, 1.165) is 32.3 Å². The van der Waals surface area contributed by atoms with Crippen LogP contribution in [0.4, 0.5) is 5.69 Å². The van der Waals surface area contributed by atoms with Crippen LogP contribution in [0.25, 0.3) is 32.6 Å². The number of rotatable bonds is 3. The lowest BCUT2D eigenvalue weighted by atomic mass is 10.2. The summed E-state index contributed by atoms with van der Waals surface area (Å²) >= 11 is 13.8. The lowest BCUT2D eigenvalue weighted by Crippen LogP contribution is -2.10. The number of aromatic nitrogens is 1. The molecular formula is C23H14Cl2N2O2S. The number of aryl methyl sites for hydroxylation is 1. The third-order valence-corrected chi connectivity index (χ3v) is 6.60. The molecule has 1 N–H and O–H groups in total. The molecule has 2 aromatic heterocycles. The predicted octanol–water partition coefficient (Wildman–Crippen LogP) is 7.58. The number of carbonyl (C=O) groups is 1. The van der Waals surface area contributed by atoms with Gasteiger partial charge < -0.3 is 9.73 Å². The fourth-order valence-electron chi connectivity index (χ4n) is 3.26. The van der Waals surface area contributed by atoms with Crippen molar-refractivity contribution in [2.75, 3.05) is 5.32 Å². The Balaban J connectivity index is 1.45. The fraction of sp³-hybridized carbons (Fsp3) is 0.0435. The van der Waals surface area contributed by atoms with Gasteiger partial charge >= 0.3 is 0 Å². The summed E-state index contributed by atoms with van der Waals surface area (Å²) in [6.07, 6.45) is 0. The van der Waals surface area contributed by atoms with Crippen LogP contribution in [0.5, 0.6) is 0 Å². The second-order valence-corrected chi connectivity index (χ2v) is 8.78. The van der Waals surface area contributed by atoms with Crippen molar-refractivity contribution in [1.82, 2.24) is 4.98 Å². The molecule has 2 heterocycles. The Morgan fingerprint density at radius 2 is 1.93 bits per heavy atom. The number of anilines is 1. The monoisotopic (exact) mass is 452 g/mol. The van der Waals surface area contributed by atoms with Gasteiger partial charge in [0.25, 0.3) is 5.91 Å². The van der Waals surface area contributed by atoms with Gasteiger partial charge in [-0.05, 0) is 55.0 Å². The number of hydrogen-bond acceptors (Lipinski definition) is 4. The standard InChI is InChI=1S/C23H14Cl2N2O2S/c1-12-5-8-17-18(9-12)29-23(27-17)13-3-2-4-15(10-13)26-22(28)21-20(25)16-7-6-14(24)11-19(16)30-21/h2-11H,1H3,(H,26,28). The first kappa shape index (κ1) is 19.1. The first-order valence-electron chi connectivity index (χ1n) is 9.14. The largest absolute Gasteiger partial charge is 0.436 e. The van der Waals surface area contributed by atoms with Gasteiger partial charge in [0.05, 0.1) is 5.02 Å². The number of halogens is 2. The Morgan fingerprint density at radius 3 is 2.80 bits per heavy atom. The second-order valence-electron chi connectivity index (χ2n) is 6.91. The van der Waals surface area contributed by atoms with Gasteiger partial charge in [0, 0.05) is 26.4 Å². The molecule has 0 aliphatic carbocycles. The SMILES string of the molecule is Cc1ccc2nc(-c3cccc(NC(=O)c4sc5cc(Cl)ccc5c4Cl)c3)oc2c1. The second kappa shape index (κ2) is 7.43. The van der Waals surface area contributed by atoms with Gasteiger partial charge in [-0.25, -0.2) is 4.98 Å². The van der Waals surface area contributed by atoms with Gasteiger partial charge in [0.1, 0.15) is 10.4 Å². The Hall–Kier alpha value is -2.86. The van der Waals surface area contributed by atoms with Crippen molar-refractivity contribution in [3.8, 4) is 11.5 Å². The van der Waals surface area contributed by atoms with Gasteiger partial charge in [0.15, 0.2) is 5.58 Å². The molecule has 148 valence electrons. The molecule has 1 amide bonds. The molecule has 0 unspecified atom stereocenters. The van der Waals surface area contributed by atoms with Crippen LogP contribution in [0.3, 0.4) is 0 Å². The molecule has 7 heteroatoms. The van der Waals surface area contributed by atoms with Gasteiger partial charge in [-0.1, -0.05) is 41.4 Å². The molecule has 0 spiro atoms. The van der Waals surface area contributed by atoms with Crippen molar-refractivity contribution in [2.24, 2.45) is 0 Å². The molecule has 0 aliphatic rings. The quantitative estimate of drug-likeness (QED) is 0.306. The average molecular weight is 453 g/mol. The molecule has 0 bridgehead atoms. The zero-order valence-corrected chi connectivity index (χ0v) is 18.0. The summed E-state index contributed by atoms with van der Waals surface area (Å²) in [5.41, 5.74) is 4.03. The van der Waals surface area contributed by atoms with Crippen LogP contribution in [-0.4, -0.2) is 10.9 Å². The van der Waals surface area contributed by atoms with E-state index in [0.29, 0.717) is 26.5 Å². The highest BCUT2D eigenvalue weighted by molar-refractivity contribution is 7.21. The van der Waals surface area contributed by atoms with Gasteiger partial charge in [-0.3, -0.25) is 4.79 Å². The highest BCUT2D eigenvalue weighted by Crippen LogP contribution is 2.37. The zero-order chi connectivity index (χ0) is 20.8. The molecule has 0 saturated carbocycles. The Bertz CT molecular complexity index is 1440. The molecule has 0 fully saturated rings. The van der Waals surface area contributed by atoms with E-state index in [2.05, 4.69) is 10.3 Å². The van der Waals surface area contributed by atoms with E-state index < -0.39 is 0 Å². The van der Waals surface area contributed by atoms with Crippen LogP contribution in [-0.2, 0) is 0 Å². The van der Waals surface area contributed by atoms with Crippen molar-refractivity contribution >= 4 is 67.3 Å². The maximum absolute atomic E-state index is 12.9. The van der Waals surface area contributed by atoms with E-state index in [1.165, 1.54) is 11.3 Å². The summed E-state index contributed by atoms with van der Waals surface area (Å²) in [6, 6.07) is 18.6. The predicted molar refractivity (Wildman–Crippen MR) is 124 cm³/mol. The highest BCUT2D eigenvalue weighted by atomic mass is 35.5. The number of hydrogen-bond donors (Lipinski definition) is 1. The van der Waals surface area contributed by atoms with Crippen LogP contribution in [0, 0.1) is 6.92 Å². The summed E-state index contributed by atoms with van der Waals surface area (Å²) in [5, 5.41) is 4.75. The molecule has 3 aromatic carbocycles. The zero-order valence-electron chi connectivity index (χ0n) is 15.7. The van der Waals surface area contributed by atoms with Crippen molar-refractivity contribution < 1.29 is 9.21 Å². The lowest BCUT2D eigenvalue weighted by Gasteiger charge is -2.05. The number of thiophene rings is 1. The van der Waals surface area contributed by atoms with Crippen LogP contribution in [0.2, 0.25) is 10.0 Å². The summed E-state index contributed by atoms with van der Waals surface area (Å²) in [4.78, 5) is 17.8. The Morgan fingerprint density at radius 1 is 1.07 bits per heavy atom. The van der Waals surface area contributed by atoms with Crippen LogP contribution < -0.4 is 5.32 Å². The third-order valence-electron chi connectivity index (χ3n) is 4.71. The fourth-order valence-corrected chi connectivity index (χ4v) is 4.95. The van der Waals surface area contributed by atoms with E-state index in [4.69, 9.17) is 27.6 Å². The first-order chi connectivity index (χ1) is 14.5. The summed E-state index contributed by atoms with van der Waals surface area (Å²) in [6.45, 7) is 2.00. The van der Waals surface area contributed by atoms with Crippen LogP contribution in [0.1, 0.15) is 15.2 Å². The van der Waals surface area contributed by atoms with E-state index in [9.17, 15) is 4.79 Å². The number of amides is 1. The number of nitrogens with one attached hydrogen (secondary N) is 1. The minimum absolute atomic E-state index is 0.275. The van der Waals surface area contributed by atoms with Crippen molar-refractivity contribution in [1.29, 1.82) is 0 Å². The van der Waals surface area contributed by atoms with E-state index in [1.54, 1.807) is 12.1 Å². The molecule has 0 atom stereocenters. The Kier molecular flexibility index (Phi) is 4.74. The number of oxazole rings is 1. The minimum atomic E-state index is -0.275. The van der Waals surface area contributed by atoms with E-state index in [-0.39, 0.29) is 5.91 Å². The Labute approximate surface area is 186 Å². The van der Waals surface area contributed by atoms with E-state index >= 15 is 0 Å². The lowest BCUT2D eigenvalue weighted by molar-refractivity contribution is 0.103. The first-order valence-corrected chi connectivity index (χ1v) is 10.7. The summed E-state index contributed by atoms with van der Waals surface area (Å²) in [5.74, 6) is 0.226. The maximum Gasteiger partial charge on any atom is 0.267 e. The topological polar surface area (TPSA) is 55.1 Å². The number of fused-ring (bicyclic) bond motifs is 2. The van der Waals surface area contributed by atoms with Crippen LogP contribution >= 0.6 is 34.5 Å². The normalized spacial score (nSPS) is 11.3. The third kappa shape index (κ3) is 3.45. The maximum atomic E-state index is 12.9. The smallest absolute Gasteiger partial charge is 0.267 e. The van der Waals surface area contributed by atoms with Crippen molar-refractivity contribution in [2.45, 2.75) is 6.92 Å². The number of nitrogens with zero attached hydrogens (tertiary/aromatic N) is 1. The van der Waals surface area contributed by atoms with Gasteiger partial charge in [-0.2, -0.15) is 0 Å². The summed E-state index contributed by atoms with van der Waals surface area (Å²) in [7, 11) is 0. The molecule has 5 rings (SSSR count). The molecule has 0 radical (unpaired) electrons.